The fourth-order valence-electron chi connectivity index (χ4n) is 1.86. The van der Waals surface area contributed by atoms with E-state index in [0.717, 1.165) is 12.2 Å². The van der Waals surface area contributed by atoms with Crippen molar-refractivity contribution >= 4 is 0 Å². The molecule has 0 aliphatic heterocycles. The lowest BCUT2D eigenvalue weighted by molar-refractivity contribution is 0.791. The van der Waals surface area contributed by atoms with Crippen molar-refractivity contribution in [2.45, 2.75) is 20.4 Å². The molecule has 0 amide bonds. The zero-order valence-corrected chi connectivity index (χ0v) is 10.6. The molecule has 88 valence electrons. The van der Waals surface area contributed by atoms with Crippen molar-refractivity contribution in [3.05, 3.63) is 53.3 Å². The Balaban J connectivity index is 2.38. The summed E-state index contributed by atoms with van der Waals surface area (Å²) in [6.45, 7) is 5.09. The first-order valence-corrected chi connectivity index (χ1v) is 5.88. The van der Waals surface area contributed by atoms with Crippen LogP contribution < -0.4 is 5.32 Å². The van der Waals surface area contributed by atoms with E-state index >= 15 is 0 Å². The predicted octanol–water partition coefficient (Wildman–Crippen LogP) is 3.08. The van der Waals surface area contributed by atoms with Crippen molar-refractivity contribution in [3.63, 3.8) is 0 Å². The summed E-state index contributed by atoms with van der Waals surface area (Å²) in [7, 11) is 1.93. The van der Waals surface area contributed by atoms with Gasteiger partial charge >= 0.3 is 0 Å². The second-order valence-corrected chi connectivity index (χ2v) is 4.37. The van der Waals surface area contributed by atoms with Gasteiger partial charge in [0.15, 0.2) is 0 Å². The standard InChI is InChI=1S/C15H18N2/c1-11-4-5-13(8-12(11)2)14-6-7-17-15(9-14)10-16-3/h4-9,16H,10H2,1-3H3. The van der Waals surface area contributed by atoms with E-state index in [9.17, 15) is 0 Å². The van der Waals surface area contributed by atoms with E-state index in [2.05, 4.69) is 54.5 Å². The van der Waals surface area contributed by atoms with Crippen LogP contribution >= 0.6 is 0 Å². The summed E-state index contributed by atoms with van der Waals surface area (Å²) in [5, 5.41) is 3.12. The molecule has 2 nitrogen and oxygen atoms in total. The van der Waals surface area contributed by atoms with Gasteiger partial charge < -0.3 is 5.32 Å². The largest absolute Gasteiger partial charge is 0.314 e. The topological polar surface area (TPSA) is 24.9 Å². The first-order chi connectivity index (χ1) is 8.20. The van der Waals surface area contributed by atoms with Gasteiger partial charge in [0.05, 0.1) is 5.69 Å². The molecule has 0 saturated carbocycles. The van der Waals surface area contributed by atoms with Crippen molar-refractivity contribution in [2.75, 3.05) is 7.05 Å². The second kappa shape index (κ2) is 5.11. The van der Waals surface area contributed by atoms with Crippen LogP contribution in [0.1, 0.15) is 16.8 Å². The number of aryl methyl sites for hydroxylation is 2. The van der Waals surface area contributed by atoms with Crippen molar-refractivity contribution in [3.8, 4) is 11.1 Å². The van der Waals surface area contributed by atoms with Gasteiger partial charge in [0.25, 0.3) is 0 Å². The molecule has 17 heavy (non-hydrogen) atoms. The van der Waals surface area contributed by atoms with Gasteiger partial charge in [-0.2, -0.15) is 0 Å². The van der Waals surface area contributed by atoms with Gasteiger partial charge in [0, 0.05) is 12.7 Å². The highest BCUT2D eigenvalue weighted by Crippen LogP contribution is 2.22. The smallest absolute Gasteiger partial charge is 0.0547 e. The average Bonchev–Trinajstić information content (AvgIpc) is 2.33. The van der Waals surface area contributed by atoms with E-state index in [1.165, 1.54) is 22.3 Å². The van der Waals surface area contributed by atoms with E-state index in [0.29, 0.717) is 0 Å². The number of nitrogens with one attached hydrogen (secondary N) is 1. The summed E-state index contributed by atoms with van der Waals surface area (Å²) >= 11 is 0. The Morgan fingerprint density at radius 2 is 1.76 bits per heavy atom. The molecule has 1 aromatic heterocycles. The molecule has 1 aromatic carbocycles. The van der Waals surface area contributed by atoms with Crippen LogP contribution in [0.25, 0.3) is 11.1 Å². The lowest BCUT2D eigenvalue weighted by Crippen LogP contribution is -2.06. The molecular weight excluding hydrogens is 208 g/mol. The maximum Gasteiger partial charge on any atom is 0.0547 e. The minimum atomic E-state index is 0.804. The molecule has 0 unspecified atom stereocenters. The summed E-state index contributed by atoms with van der Waals surface area (Å²) in [5.74, 6) is 0. The number of benzene rings is 1. The SMILES string of the molecule is CNCc1cc(-c2ccc(C)c(C)c2)ccn1. The average molecular weight is 226 g/mol. The van der Waals surface area contributed by atoms with Crippen LogP contribution in [0.4, 0.5) is 0 Å². The third-order valence-corrected chi connectivity index (χ3v) is 3.01. The predicted molar refractivity (Wildman–Crippen MR) is 71.9 cm³/mol. The van der Waals surface area contributed by atoms with Gasteiger partial charge in [-0.15, -0.1) is 0 Å². The Bertz CT molecular complexity index is 518. The Morgan fingerprint density at radius 1 is 1.00 bits per heavy atom. The lowest BCUT2D eigenvalue weighted by Gasteiger charge is -2.07. The van der Waals surface area contributed by atoms with Crippen LogP contribution in [0.3, 0.4) is 0 Å². The number of rotatable bonds is 3. The molecule has 0 saturated heterocycles. The summed E-state index contributed by atoms with van der Waals surface area (Å²) in [6.07, 6.45) is 1.87. The molecule has 1 N–H and O–H groups in total. The molecule has 1 heterocycles. The number of nitrogens with zero attached hydrogens (tertiary/aromatic N) is 1. The Kier molecular flexibility index (Phi) is 3.55. The molecule has 2 heteroatoms. The minimum Gasteiger partial charge on any atom is -0.314 e. The second-order valence-electron chi connectivity index (χ2n) is 4.37. The van der Waals surface area contributed by atoms with Crippen molar-refractivity contribution in [1.29, 1.82) is 0 Å². The number of aromatic nitrogens is 1. The minimum absolute atomic E-state index is 0.804. The summed E-state index contributed by atoms with van der Waals surface area (Å²) in [5.41, 5.74) is 6.22. The highest BCUT2D eigenvalue weighted by atomic mass is 14.8. The molecule has 0 radical (unpaired) electrons. The van der Waals surface area contributed by atoms with Crippen LogP contribution in [-0.2, 0) is 6.54 Å². The van der Waals surface area contributed by atoms with E-state index in [1.807, 2.05) is 13.2 Å². The van der Waals surface area contributed by atoms with E-state index in [4.69, 9.17) is 0 Å². The van der Waals surface area contributed by atoms with Crippen molar-refractivity contribution < 1.29 is 0 Å². The molecular formula is C15H18N2. The van der Waals surface area contributed by atoms with Crippen LogP contribution in [0, 0.1) is 13.8 Å². The molecule has 0 bridgehead atoms. The third kappa shape index (κ3) is 2.71. The summed E-state index contributed by atoms with van der Waals surface area (Å²) < 4.78 is 0. The molecule has 2 rings (SSSR count). The fourth-order valence-corrected chi connectivity index (χ4v) is 1.86. The molecule has 0 aliphatic rings. The van der Waals surface area contributed by atoms with Crippen molar-refractivity contribution in [2.24, 2.45) is 0 Å². The van der Waals surface area contributed by atoms with E-state index < -0.39 is 0 Å². The number of hydrogen-bond acceptors (Lipinski definition) is 2. The van der Waals surface area contributed by atoms with Gasteiger partial charge in [-0.05, 0) is 55.3 Å². The third-order valence-electron chi connectivity index (χ3n) is 3.01. The highest BCUT2D eigenvalue weighted by Gasteiger charge is 2.01. The van der Waals surface area contributed by atoms with Gasteiger partial charge in [0.2, 0.25) is 0 Å². The lowest BCUT2D eigenvalue weighted by atomic mass is 10.0. The normalized spacial score (nSPS) is 10.5. The Hall–Kier alpha value is -1.67. The van der Waals surface area contributed by atoms with Crippen LogP contribution in [0.5, 0.6) is 0 Å². The zero-order valence-electron chi connectivity index (χ0n) is 10.6. The zero-order chi connectivity index (χ0) is 12.3. The van der Waals surface area contributed by atoms with E-state index in [1.54, 1.807) is 0 Å². The van der Waals surface area contributed by atoms with Crippen molar-refractivity contribution in [1.82, 2.24) is 10.3 Å². The van der Waals surface area contributed by atoms with Gasteiger partial charge in [-0.3, -0.25) is 4.98 Å². The Morgan fingerprint density at radius 3 is 2.47 bits per heavy atom. The maximum absolute atomic E-state index is 4.33. The Labute approximate surface area is 103 Å². The number of hydrogen-bond donors (Lipinski definition) is 1. The number of pyridine rings is 1. The van der Waals surface area contributed by atoms with Gasteiger partial charge in [-0.1, -0.05) is 18.2 Å². The summed E-state index contributed by atoms with van der Waals surface area (Å²) in [6, 6.07) is 10.8. The maximum atomic E-state index is 4.33. The fraction of sp³-hybridized carbons (Fsp3) is 0.267. The first kappa shape index (κ1) is 11.8. The first-order valence-electron chi connectivity index (χ1n) is 5.88. The quantitative estimate of drug-likeness (QED) is 0.870. The molecule has 0 spiro atoms. The van der Waals surface area contributed by atoms with Gasteiger partial charge in [0.1, 0.15) is 0 Å². The molecule has 0 atom stereocenters. The highest BCUT2D eigenvalue weighted by molar-refractivity contribution is 5.64. The monoisotopic (exact) mass is 226 g/mol. The van der Waals surface area contributed by atoms with Crippen LogP contribution in [0.15, 0.2) is 36.5 Å². The van der Waals surface area contributed by atoms with Gasteiger partial charge in [-0.25, -0.2) is 0 Å². The molecule has 2 aromatic rings. The van der Waals surface area contributed by atoms with Crippen LogP contribution in [0.2, 0.25) is 0 Å². The van der Waals surface area contributed by atoms with E-state index in [-0.39, 0.29) is 0 Å². The van der Waals surface area contributed by atoms with Crippen LogP contribution in [-0.4, -0.2) is 12.0 Å². The summed E-state index contributed by atoms with van der Waals surface area (Å²) in [4.78, 5) is 4.33. The molecule has 0 fully saturated rings. The molecule has 0 aliphatic carbocycles.